The lowest BCUT2D eigenvalue weighted by molar-refractivity contribution is 0.413. The molecule has 2 aromatic rings. The maximum atomic E-state index is 5.49. The number of hydrogen-bond donors (Lipinski definition) is 0. The number of para-hydroxylation sites is 2. The van der Waals surface area contributed by atoms with Crippen LogP contribution >= 0.6 is 0 Å². The number of nitrogens with zero attached hydrogens (tertiary/aromatic N) is 5. The molecule has 3 rings (SSSR count). The van der Waals surface area contributed by atoms with Crippen LogP contribution in [0.2, 0.25) is 0 Å². The predicted molar refractivity (Wildman–Crippen MR) is 103 cm³/mol. The summed E-state index contributed by atoms with van der Waals surface area (Å²) in [5.74, 6) is 2.75. The first-order valence-corrected chi connectivity index (χ1v) is 8.97. The summed E-state index contributed by atoms with van der Waals surface area (Å²) in [4.78, 5) is 16.1. The van der Waals surface area contributed by atoms with Gasteiger partial charge in [0.05, 0.1) is 12.8 Å². The Morgan fingerprint density at radius 3 is 2.36 bits per heavy atom. The van der Waals surface area contributed by atoms with Crippen molar-refractivity contribution in [2.24, 2.45) is 0 Å². The molecule has 1 aliphatic rings. The van der Waals surface area contributed by atoms with Crippen molar-refractivity contribution < 1.29 is 4.74 Å². The quantitative estimate of drug-likeness (QED) is 0.805. The van der Waals surface area contributed by atoms with Gasteiger partial charge in [-0.2, -0.15) is 4.98 Å². The van der Waals surface area contributed by atoms with Crippen LogP contribution in [-0.4, -0.2) is 56.3 Å². The highest BCUT2D eigenvalue weighted by molar-refractivity contribution is 5.59. The molecular weight excluding hydrogens is 314 g/mol. The normalized spacial score (nSPS) is 14.5. The average molecular weight is 341 g/mol. The third-order valence-corrected chi connectivity index (χ3v) is 4.70. The third kappa shape index (κ3) is 3.78. The zero-order valence-electron chi connectivity index (χ0n) is 15.4. The van der Waals surface area contributed by atoms with E-state index in [4.69, 9.17) is 9.72 Å². The molecule has 0 unspecified atom stereocenters. The first-order valence-electron chi connectivity index (χ1n) is 8.97. The van der Waals surface area contributed by atoms with Crippen LogP contribution in [0.3, 0.4) is 0 Å². The summed E-state index contributed by atoms with van der Waals surface area (Å²) in [5, 5.41) is 0. The zero-order chi connectivity index (χ0) is 17.6. The van der Waals surface area contributed by atoms with E-state index < -0.39 is 0 Å². The molecular formula is C19H27N5O. The van der Waals surface area contributed by atoms with Gasteiger partial charge in [-0.1, -0.05) is 12.1 Å². The molecule has 1 fully saturated rings. The number of methoxy groups -OCH3 is 1. The Labute approximate surface area is 150 Å². The summed E-state index contributed by atoms with van der Waals surface area (Å²) >= 11 is 0. The molecule has 0 bridgehead atoms. The van der Waals surface area contributed by atoms with Gasteiger partial charge in [-0.15, -0.1) is 0 Å². The van der Waals surface area contributed by atoms with Gasteiger partial charge in [-0.3, -0.25) is 0 Å². The SMILES string of the molecule is CCN(CC)c1ccnc(N2CCN(c3ccccc3OC)CC2)n1. The first kappa shape index (κ1) is 17.3. The van der Waals surface area contributed by atoms with Crippen molar-refractivity contribution in [1.82, 2.24) is 9.97 Å². The number of piperazine rings is 1. The Bertz CT molecular complexity index is 681. The summed E-state index contributed by atoms with van der Waals surface area (Å²) in [7, 11) is 1.72. The highest BCUT2D eigenvalue weighted by atomic mass is 16.5. The van der Waals surface area contributed by atoms with Gasteiger partial charge in [-0.25, -0.2) is 4.98 Å². The maximum Gasteiger partial charge on any atom is 0.227 e. The second kappa shape index (κ2) is 8.05. The Hall–Kier alpha value is -2.50. The molecule has 6 nitrogen and oxygen atoms in total. The van der Waals surface area contributed by atoms with Gasteiger partial charge in [0, 0.05) is 45.5 Å². The van der Waals surface area contributed by atoms with Crippen molar-refractivity contribution in [3.8, 4) is 5.75 Å². The molecule has 1 aromatic carbocycles. The van der Waals surface area contributed by atoms with Crippen LogP contribution in [0.15, 0.2) is 36.5 Å². The summed E-state index contributed by atoms with van der Waals surface area (Å²) in [6.45, 7) is 9.87. The van der Waals surface area contributed by atoms with Gasteiger partial charge in [-0.05, 0) is 32.0 Å². The average Bonchev–Trinajstić information content (AvgIpc) is 2.69. The topological polar surface area (TPSA) is 44.7 Å². The molecule has 0 radical (unpaired) electrons. The molecule has 0 saturated carbocycles. The van der Waals surface area contributed by atoms with E-state index in [9.17, 15) is 0 Å². The van der Waals surface area contributed by atoms with Gasteiger partial charge >= 0.3 is 0 Å². The fourth-order valence-electron chi connectivity index (χ4n) is 3.25. The van der Waals surface area contributed by atoms with Gasteiger partial charge in [0.1, 0.15) is 11.6 Å². The van der Waals surface area contributed by atoms with Crippen LogP contribution in [0, 0.1) is 0 Å². The highest BCUT2D eigenvalue weighted by Gasteiger charge is 2.21. The number of ether oxygens (including phenoxy) is 1. The largest absolute Gasteiger partial charge is 0.495 e. The smallest absolute Gasteiger partial charge is 0.227 e. The summed E-state index contributed by atoms with van der Waals surface area (Å²) in [6, 6.07) is 10.2. The van der Waals surface area contributed by atoms with Gasteiger partial charge < -0.3 is 19.4 Å². The van der Waals surface area contributed by atoms with Crippen molar-refractivity contribution in [3.63, 3.8) is 0 Å². The lowest BCUT2D eigenvalue weighted by atomic mass is 10.2. The number of hydrogen-bond acceptors (Lipinski definition) is 6. The minimum Gasteiger partial charge on any atom is -0.495 e. The second-order valence-electron chi connectivity index (χ2n) is 6.03. The van der Waals surface area contributed by atoms with Crippen molar-refractivity contribution in [3.05, 3.63) is 36.5 Å². The van der Waals surface area contributed by atoms with Crippen LogP contribution in [-0.2, 0) is 0 Å². The molecule has 0 aliphatic carbocycles. The predicted octanol–water partition coefficient (Wildman–Crippen LogP) is 2.66. The molecule has 1 aromatic heterocycles. The molecule has 2 heterocycles. The summed E-state index contributed by atoms with van der Waals surface area (Å²) in [6.07, 6.45) is 1.86. The molecule has 0 N–H and O–H groups in total. The van der Waals surface area contributed by atoms with Crippen molar-refractivity contribution in [2.45, 2.75) is 13.8 Å². The van der Waals surface area contributed by atoms with Crippen LogP contribution < -0.4 is 19.4 Å². The van der Waals surface area contributed by atoms with Crippen molar-refractivity contribution >= 4 is 17.5 Å². The van der Waals surface area contributed by atoms with E-state index in [1.54, 1.807) is 7.11 Å². The van der Waals surface area contributed by atoms with Crippen LogP contribution in [0.5, 0.6) is 5.75 Å². The van der Waals surface area contributed by atoms with Crippen LogP contribution in [0.25, 0.3) is 0 Å². The lowest BCUT2D eigenvalue weighted by Gasteiger charge is -2.36. The molecule has 134 valence electrons. The zero-order valence-corrected chi connectivity index (χ0v) is 15.4. The first-order chi connectivity index (χ1) is 12.3. The fraction of sp³-hybridized carbons (Fsp3) is 0.474. The van der Waals surface area contributed by atoms with E-state index in [0.29, 0.717) is 0 Å². The Balaban J connectivity index is 1.69. The standard InChI is InChI=1S/C19H27N5O/c1-4-22(5-2)18-10-11-20-19(21-18)24-14-12-23(13-15-24)16-8-6-7-9-17(16)25-3/h6-11H,4-5,12-15H2,1-3H3. The van der Waals surface area contributed by atoms with Gasteiger partial charge in [0.2, 0.25) is 5.95 Å². The minimum absolute atomic E-state index is 0.823. The molecule has 0 spiro atoms. The molecule has 0 amide bonds. The molecule has 25 heavy (non-hydrogen) atoms. The maximum absolute atomic E-state index is 5.49. The lowest BCUT2D eigenvalue weighted by Crippen LogP contribution is -2.47. The number of anilines is 3. The fourth-order valence-corrected chi connectivity index (χ4v) is 3.25. The van der Waals surface area contributed by atoms with E-state index in [0.717, 1.165) is 62.5 Å². The number of benzene rings is 1. The van der Waals surface area contributed by atoms with Crippen molar-refractivity contribution in [1.29, 1.82) is 0 Å². The van der Waals surface area contributed by atoms with Crippen LogP contribution in [0.1, 0.15) is 13.8 Å². The second-order valence-corrected chi connectivity index (χ2v) is 6.03. The summed E-state index contributed by atoms with van der Waals surface area (Å²) in [5.41, 5.74) is 1.16. The molecule has 0 atom stereocenters. The Morgan fingerprint density at radius 2 is 1.68 bits per heavy atom. The Kier molecular flexibility index (Phi) is 5.58. The minimum atomic E-state index is 0.823. The van der Waals surface area contributed by atoms with E-state index >= 15 is 0 Å². The molecule has 1 saturated heterocycles. The monoisotopic (exact) mass is 341 g/mol. The van der Waals surface area contributed by atoms with E-state index in [1.807, 2.05) is 24.4 Å². The van der Waals surface area contributed by atoms with Gasteiger partial charge in [0.15, 0.2) is 0 Å². The number of aromatic nitrogens is 2. The van der Waals surface area contributed by atoms with Crippen molar-refractivity contribution in [2.75, 3.05) is 61.1 Å². The highest BCUT2D eigenvalue weighted by Crippen LogP contribution is 2.28. The Morgan fingerprint density at radius 1 is 1.00 bits per heavy atom. The van der Waals surface area contributed by atoms with E-state index in [-0.39, 0.29) is 0 Å². The van der Waals surface area contributed by atoms with E-state index in [1.165, 1.54) is 0 Å². The molecule has 6 heteroatoms. The third-order valence-electron chi connectivity index (χ3n) is 4.70. The van der Waals surface area contributed by atoms with Gasteiger partial charge in [0.25, 0.3) is 0 Å². The number of rotatable bonds is 6. The van der Waals surface area contributed by atoms with Crippen LogP contribution in [0.4, 0.5) is 17.5 Å². The van der Waals surface area contributed by atoms with E-state index in [2.05, 4.69) is 45.7 Å². The summed E-state index contributed by atoms with van der Waals surface area (Å²) < 4.78 is 5.49. The molecule has 1 aliphatic heterocycles.